The molecule has 2 aromatic carbocycles. The fourth-order valence-corrected chi connectivity index (χ4v) is 3.33. The lowest BCUT2D eigenvalue weighted by Gasteiger charge is -2.10. The van der Waals surface area contributed by atoms with Gasteiger partial charge in [0.1, 0.15) is 0 Å². The number of nitrogens with one attached hydrogen (secondary N) is 1. The molecule has 25 heavy (non-hydrogen) atoms. The highest BCUT2D eigenvalue weighted by Gasteiger charge is 2.30. The zero-order valence-electron chi connectivity index (χ0n) is 13.3. The van der Waals surface area contributed by atoms with Gasteiger partial charge in [-0.1, -0.05) is 23.8 Å². The van der Waals surface area contributed by atoms with Gasteiger partial charge in [-0.15, -0.1) is 0 Å². The van der Waals surface area contributed by atoms with Gasteiger partial charge in [-0.05, 0) is 37.3 Å². The molecule has 134 valence electrons. The van der Waals surface area contributed by atoms with Crippen molar-refractivity contribution in [2.24, 2.45) is 0 Å². The molecule has 1 N–H and O–H groups in total. The minimum Gasteiger partial charge on any atom is -0.326 e. The third-order valence-electron chi connectivity index (χ3n) is 3.45. The van der Waals surface area contributed by atoms with Crippen molar-refractivity contribution in [3.05, 3.63) is 59.7 Å². The number of halogens is 3. The van der Waals surface area contributed by atoms with Gasteiger partial charge in [0.15, 0.2) is 9.84 Å². The number of alkyl halides is 3. The van der Waals surface area contributed by atoms with Crippen LogP contribution in [0.25, 0.3) is 0 Å². The summed E-state index contributed by atoms with van der Waals surface area (Å²) in [5.41, 5.74) is -0.0219. The first-order valence-corrected chi connectivity index (χ1v) is 9.00. The van der Waals surface area contributed by atoms with E-state index in [4.69, 9.17) is 0 Å². The molecule has 0 bridgehead atoms. The van der Waals surface area contributed by atoms with Gasteiger partial charge in [0.2, 0.25) is 5.91 Å². The highest BCUT2D eigenvalue weighted by Crippen LogP contribution is 2.30. The molecule has 1 amide bonds. The lowest BCUT2D eigenvalue weighted by atomic mass is 10.2. The Bertz CT molecular complexity index is 859. The van der Waals surface area contributed by atoms with Crippen LogP contribution in [0, 0.1) is 6.92 Å². The number of rotatable bonds is 5. The van der Waals surface area contributed by atoms with Crippen LogP contribution in [0.15, 0.2) is 53.4 Å². The predicted molar refractivity (Wildman–Crippen MR) is 87.9 cm³/mol. The molecule has 8 heteroatoms. The lowest BCUT2D eigenvalue weighted by Crippen LogP contribution is -2.18. The van der Waals surface area contributed by atoms with E-state index in [9.17, 15) is 26.4 Å². The molecule has 0 aliphatic carbocycles. The second-order valence-corrected chi connectivity index (χ2v) is 7.62. The molecule has 2 aromatic rings. The summed E-state index contributed by atoms with van der Waals surface area (Å²) < 4.78 is 62.2. The van der Waals surface area contributed by atoms with Crippen molar-refractivity contribution in [1.29, 1.82) is 0 Å². The van der Waals surface area contributed by atoms with Gasteiger partial charge < -0.3 is 5.32 Å². The van der Waals surface area contributed by atoms with Crippen molar-refractivity contribution in [2.75, 3.05) is 11.1 Å². The smallest absolute Gasteiger partial charge is 0.326 e. The van der Waals surface area contributed by atoms with Crippen LogP contribution in [0.4, 0.5) is 18.9 Å². The van der Waals surface area contributed by atoms with E-state index in [1.807, 2.05) is 6.92 Å². The molecule has 0 unspecified atom stereocenters. The van der Waals surface area contributed by atoms with E-state index in [2.05, 4.69) is 5.32 Å². The minimum absolute atomic E-state index is 0.0347. The van der Waals surface area contributed by atoms with Gasteiger partial charge in [-0.25, -0.2) is 8.42 Å². The van der Waals surface area contributed by atoms with E-state index in [1.165, 1.54) is 24.3 Å². The van der Waals surface area contributed by atoms with Crippen LogP contribution in [-0.2, 0) is 20.8 Å². The average Bonchev–Trinajstić information content (AvgIpc) is 2.53. The molecule has 2 rings (SSSR count). The normalized spacial score (nSPS) is 12.0. The number of hydrogen-bond donors (Lipinski definition) is 1. The maximum Gasteiger partial charge on any atom is 0.416 e. The van der Waals surface area contributed by atoms with Crippen LogP contribution in [-0.4, -0.2) is 20.1 Å². The molecular formula is C17H16F3NO3S. The SMILES string of the molecule is Cc1ccc(S(=O)(=O)CCC(=O)Nc2cccc(C(F)(F)F)c2)cc1. The third-order valence-corrected chi connectivity index (χ3v) is 5.18. The molecule has 0 saturated carbocycles. The van der Waals surface area contributed by atoms with Crippen LogP contribution in [0.2, 0.25) is 0 Å². The van der Waals surface area contributed by atoms with E-state index in [1.54, 1.807) is 12.1 Å². The zero-order valence-corrected chi connectivity index (χ0v) is 14.1. The first-order chi connectivity index (χ1) is 11.6. The molecule has 0 radical (unpaired) electrons. The monoisotopic (exact) mass is 371 g/mol. The van der Waals surface area contributed by atoms with E-state index >= 15 is 0 Å². The fraction of sp³-hybridized carbons (Fsp3) is 0.235. The topological polar surface area (TPSA) is 63.2 Å². The van der Waals surface area contributed by atoms with Gasteiger partial charge in [-0.3, -0.25) is 4.79 Å². The summed E-state index contributed by atoms with van der Waals surface area (Å²) >= 11 is 0. The Balaban J connectivity index is 2.00. The molecule has 0 spiro atoms. The molecular weight excluding hydrogens is 355 g/mol. The Morgan fingerprint density at radius 3 is 2.32 bits per heavy atom. The summed E-state index contributed by atoms with van der Waals surface area (Å²) in [5.74, 6) is -1.10. The Morgan fingerprint density at radius 2 is 1.72 bits per heavy atom. The Labute approximate surface area is 143 Å². The van der Waals surface area contributed by atoms with Crippen molar-refractivity contribution in [2.45, 2.75) is 24.4 Å². The fourth-order valence-electron chi connectivity index (χ4n) is 2.09. The van der Waals surface area contributed by atoms with E-state index in [0.29, 0.717) is 0 Å². The van der Waals surface area contributed by atoms with Gasteiger partial charge in [0.05, 0.1) is 16.2 Å². The number of anilines is 1. The second-order valence-electron chi connectivity index (χ2n) is 5.51. The van der Waals surface area contributed by atoms with Crippen LogP contribution in [0.5, 0.6) is 0 Å². The first kappa shape index (κ1) is 19.0. The van der Waals surface area contributed by atoms with E-state index in [-0.39, 0.29) is 17.0 Å². The summed E-state index contributed by atoms with van der Waals surface area (Å²) in [6.45, 7) is 1.82. The average molecular weight is 371 g/mol. The van der Waals surface area contributed by atoms with Gasteiger partial charge >= 0.3 is 6.18 Å². The summed E-state index contributed by atoms with van der Waals surface area (Å²) in [4.78, 5) is 12.0. The minimum atomic E-state index is -4.52. The molecule has 0 heterocycles. The highest BCUT2D eigenvalue weighted by molar-refractivity contribution is 7.91. The van der Waals surface area contributed by atoms with Crippen molar-refractivity contribution in [3.63, 3.8) is 0 Å². The van der Waals surface area contributed by atoms with E-state index in [0.717, 1.165) is 17.7 Å². The van der Waals surface area contributed by atoms with Crippen LogP contribution >= 0.6 is 0 Å². The number of hydrogen-bond acceptors (Lipinski definition) is 3. The quantitative estimate of drug-likeness (QED) is 0.869. The maximum atomic E-state index is 12.6. The van der Waals surface area contributed by atoms with Gasteiger partial charge in [0, 0.05) is 12.1 Å². The summed E-state index contributed by atoms with van der Waals surface area (Å²) in [6, 6.07) is 10.4. The molecule has 0 aliphatic rings. The number of carbonyl (C=O) groups excluding carboxylic acids is 1. The number of aryl methyl sites for hydroxylation is 1. The molecule has 0 aliphatic heterocycles. The van der Waals surface area contributed by atoms with E-state index < -0.39 is 33.2 Å². The third kappa shape index (κ3) is 5.32. The molecule has 0 atom stereocenters. The van der Waals surface area contributed by atoms with Crippen LogP contribution in [0.1, 0.15) is 17.5 Å². The van der Waals surface area contributed by atoms with Gasteiger partial charge in [0.25, 0.3) is 0 Å². The number of sulfone groups is 1. The standard InChI is InChI=1S/C17H16F3NO3S/c1-12-5-7-15(8-6-12)25(23,24)10-9-16(22)21-14-4-2-3-13(11-14)17(18,19)20/h2-8,11H,9-10H2,1H3,(H,21,22). The molecule has 0 aromatic heterocycles. The number of amides is 1. The van der Waals surface area contributed by atoms with Crippen molar-refractivity contribution in [1.82, 2.24) is 0 Å². The first-order valence-electron chi connectivity index (χ1n) is 7.34. The van der Waals surface area contributed by atoms with Crippen molar-refractivity contribution in [3.8, 4) is 0 Å². The summed E-state index contributed by atoms with van der Waals surface area (Å²) in [6.07, 6.45) is -4.87. The van der Waals surface area contributed by atoms with Crippen LogP contribution in [0.3, 0.4) is 0 Å². The van der Waals surface area contributed by atoms with Crippen LogP contribution < -0.4 is 5.32 Å². The highest BCUT2D eigenvalue weighted by atomic mass is 32.2. The Kier molecular flexibility index (Phi) is 5.52. The molecule has 0 fully saturated rings. The number of carbonyl (C=O) groups is 1. The largest absolute Gasteiger partial charge is 0.416 e. The van der Waals surface area contributed by atoms with Crippen molar-refractivity contribution < 1.29 is 26.4 Å². The number of benzene rings is 2. The zero-order chi connectivity index (χ0) is 18.7. The molecule has 4 nitrogen and oxygen atoms in total. The lowest BCUT2D eigenvalue weighted by molar-refractivity contribution is -0.137. The Morgan fingerprint density at radius 1 is 1.08 bits per heavy atom. The van der Waals surface area contributed by atoms with Crippen molar-refractivity contribution >= 4 is 21.4 Å². The summed E-state index contributed by atoms with van der Waals surface area (Å²) in [5, 5.41) is 2.28. The van der Waals surface area contributed by atoms with Gasteiger partial charge in [-0.2, -0.15) is 13.2 Å². The summed E-state index contributed by atoms with van der Waals surface area (Å²) in [7, 11) is -3.64. The second kappa shape index (κ2) is 7.26. The predicted octanol–water partition coefficient (Wildman–Crippen LogP) is 3.82. The maximum absolute atomic E-state index is 12.6. The Hall–Kier alpha value is -2.35. The molecule has 0 saturated heterocycles.